The minimum Gasteiger partial charge on any atom is -0.223 e. The van der Waals surface area contributed by atoms with Gasteiger partial charge >= 0.3 is 0 Å². The molecule has 0 atom stereocenters. The number of sulfone groups is 1. The summed E-state index contributed by atoms with van der Waals surface area (Å²) in [4.78, 5) is 0.380. The first-order valence-corrected chi connectivity index (χ1v) is 7.48. The van der Waals surface area contributed by atoms with E-state index >= 15 is 0 Å². The zero-order chi connectivity index (χ0) is 13.2. The normalized spacial score (nSPS) is 11.4. The zero-order valence-electron chi connectivity index (χ0n) is 10.6. The molecule has 2 nitrogen and oxygen atoms in total. The van der Waals surface area contributed by atoms with Crippen molar-refractivity contribution in [3.05, 3.63) is 65.2 Å². The third kappa shape index (κ3) is 2.79. The van der Waals surface area contributed by atoms with Gasteiger partial charge in [0, 0.05) is 0 Å². The van der Waals surface area contributed by atoms with Gasteiger partial charge in [0.1, 0.15) is 0 Å². The van der Waals surface area contributed by atoms with Crippen LogP contribution in [0.15, 0.2) is 53.4 Å². The topological polar surface area (TPSA) is 34.1 Å². The maximum Gasteiger partial charge on any atom is 0.182 e. The van der Waals surface area contributed by atoms with Gasteiger partial charge in [-0.05, 0) is 37.1 Å². The lowest BCUT2D eigenvalue weighted by Gasteiger charge is -2.08. The lowest BCUT2D eigenvalue weighted by molar-refractivity contribution is 0.595. The van der Waals surface area contributed by atoms with Crippen molar-refractivity contribution in [2.45, 2.75) is 24.5 Å². The Morgan fingerprint density at radius 1 is 0.944 bits per heavy atom. The van der Waals surface area contributed by atoms with Crippen LogP contribution in [0.1, 0.15) is 16.7 Å². The quantitative estimate of drug-likeness (QED) is 0.848. The summed E-state index contributed by atoms with van der Waals surface area (Å²) in [5.74, 6) is 0.0600. The molecule has 0 spiro atoms. The number of benzene rings is 2. The summed E-state index contributed by atoms with van der Waals surface area (Å²) in [5, 5.41) is 0. The van der Waals surface area contributed by atoms with Crippen molar-refractivity contribution in [1.82, 2.24) is 0 Å². The molecule has 0 N–H and O–H groups in total. The Labute approximate surface area is 108 Å². The molecule has 0 heterocycles. The van der Waals surface area contributed by atoms with Crippen LogP contribution in [0.3, 0.4) is 0 Å². The van der Waals surface area contributed by atoms with Crippen molar-refractivity contribution < 1.29 is 8.42 Å². The first-order chi connectivity index (χ1) is 8.49. The Balaban J connectivity index is 2.37. The van der Waals surface area contributed by atoms with Crippen molar-refractivity contribution >= 4 is 9.84 Å². The highest BCUT2D eigenvalue weighted by Gasteiger charge is 2.15. The SMILES string of the molecule is Cc1ccc(C)c(CS(=O)(=O)c2ccccc2)c1. The fraction of sp³-hybridized carbons (Fsp3) is 0.200. The molecule has 0 aliphatic rings. The van der Waals surface area contributed by atoms with Crippen LogP contribution < -0.4 is 0 Å². The average Bonchev–Trinajstić information content (AvgIpc) is 2.35. The summed E-state index contributed by atoms with van der Waals surface area (Å²) < 4.78 is 24.5. The molecule has 3 heteroatoms. The Morgan fingerprint density at radius 2 is 1.61 bits per heavy atom. The van der Waals surface area contributed by atoms with E-state index in [1.165, 1.54) is 0 Å². The summed E-state index contributed by atoms with van der Waals surface area (Å²) in [5.41, 5.74) is 2.97. The standard InChI is InChI=1S/C15H16O2S/c1-12-8-9-13(2)14(10-12)11-18(16,17)15-6-4-3-5-7-15/h3-10H,11H2,1-2H3. The lowest BCUT2D eigenvalue weighted by atomic mass is 10.1. The van der Waals surface area contributed by atoms with Gasteiger partial charge in [-0.1, -0.05) is 42.0 Å². The van der Waals surface area contributed by atoms with Gasteiger partial charge in [-0.25, -0.2) is 8.42 Å². The minimum atomic E-state index is -3.25. The Bertz CT molecular complexity index is 643. The van der Waals surface area contributed by atoms with Crippen LogP contribution in [0.4, 0.5) is 0 Å². The first-order valence-electron chi connectivity index (χ1n) is 5.83. The molecule has 0 fully saturated rings. The summed E-state index contributed by atoms with van der Waals surface area (Å²) in [6.45, 7) is 3.91. The Morgan fingerprint density at radius 3 is 2.28 bits per heavy atom. The van der Waals surface area contributed by atoms with Crippen LogP contribution in [0.5, 0.6) is 0 Å². The molecule has 0 aliphatic heterocycles. The summed E-state index contributed by atoms with van der Waals surface area (Å²) in [6, 6.07) is 14.5. The molecule has 0 aliphatic carbocycles. The largest absolute Gasteiger partial charge is 0.223 e. The third-order valence-corrected chi connectivity index (χ3v) is 4.63. The maximum absolute atomic E-state index is 12.3. The van der Waals surface area contributed by atoms with Crippen molar-refractivity contribution in [3.8, 4) is 0 Å². The third-order valence-electron chi connectivity index (χ3n) is 2.95. The summed E-state index contributed by atoms with van der Waals surface area (Å²) in [7, 11) is -3.25. The van der Waals surface area contributed by atoms with Gasteiger partial charge in [-0.2, -0.15) is 0 Å². The van der Waals surface area contributed by atoms with Crippen molar-refractivity contribution in [3.63, 3.8) is 0 Å². The second kappa shape index (κ2) is 4.94. The highest BCUT2D eigenvalue weighted by molar-refractivity contribution is 7.90. The number of rotatable bonds is 3. The molecular formula is C15H16O2S. The van der Waals surface area contributed by atoms with E-state index in [0.29, 0.717) is 4.90 Å². The Kier molecular flexibility index (Phi) is 3.53. The highest BCUT2D eigenvalue weighted by Crippen LogP contribution is 2.19. The molecule has 0 radical (unpaired) electrons. The van der Waals surface area contributed by atoms with Gasteiger partial charge < -0.3 is 0 Å². The molecule has 2 rings (SSSR count). The van der Waals surface area contributed by atoms with Gasteiger partial charge in [0.2, 0.25) is 0 Å². The monoisotopic (exact) mass is 260 g/mol. The number of hydrogen-bond acceptors (Lipinski definition) is 2. The van der Waals surface area contributed by atoms with Crippen molar-refractivity contribution in [2.75, 3.05) is 0 Å². The predicted molar refractivity (Wildman–Crippen MR) is 73.2 cm³/mol. The van der Waals surface area contributed by atoms with Gasteiger partial charge in [0.15, 0.2) is 9.84 Å². The average molecular weight is 260 g/mol. The van der Waals surface area contributed by atoms with Gasteiger partial charge in [0.05, 0.1) is 10.6 Å². The molecule has 0 saturated heterocycles. The number of hydrogen-bond donors (Lipinski definition) is 0. The molecule has 2 aromatic carbocycles. The van der Waals surface area contributed by atoms with Crippen LogP contribution in [0.25, 0.3) is 0 Å². The van der Waals surface area contributed by atoms with Crippen LogP contribution >= 0.6 is 0 Å². The molecular weight excluding hydrogens is 244 g/mol. The predicted octanol–water partition coefficient (Wildman–Crippen LogP) is 3.28. The van der Waals surface area contributed by atoms with Crippen LogP contribution in [0, 0.1) is 13.8 Å². The van der Waals surface area contributed by atoms with E-state index in [-0.39, 0.29) is 5.75 Å². The second-order valence-corrected chi connectivity index (χ2v) is 6.49. The molecule has 0 bridgehead atoms. The highest BCUT2D eigenvalue weighted by atomic mass is 32.2. The van der Waals surface area contributed by atoms with E-state index in [1.54, 1.807) is 24.3 Å². The van der Waals surface area contributed by atoms with E-state index in [2.05, 4.69) is 0 Å². The maximum atomic E-state index is 12.3. The van der Waals surface area contributed by atoms with Crippen LogP contribution in [-0.4, -0.2) is 8.42 Å². The van der Waals surface area contributed by atoms with Crippen molar-refractivity contribution in [1.29, 1.82) is 0 Å². The van der Waals surface area contributed by atoms with E-state index < -0.39 is 9.84 Å². The lowest BCUT2D eigenvalue weighted by Crippen LogP contribution is -2.06. The summed E-state index contributed by atoms with van der Waals surface area (Å²) >= 11 is 0. The van der Waals surface area contributed by atoms with E-state index in [4.69, 9.17) is 0 Å². The second-order valence-electron chi connectivity index (χ2n) is 4.50. The van der Waals surface area contributed by atoms with Crippen LogP contribution in [0.2, 0.25) is 0 Å². The van der Waals surface area contributed by atoms with Gasteiger partial charge in [-0.3, -0.25) is 0 Å². The fourth-order valence-electron chi connectivity index (χ4n) is 1.87. The Hall–Kier alpha value is -1.61. The van der Waals surface area contributed by atoms with Crippen molar-refractivity contribution in [2.24, 2.45) is 0 Å². The minimum absolute atomic E-state index is 0.0600. The summed E-state index contributed by atoms with van der Waals surface area (Å²) in [6.07, 6.45) is 0. The molecule has 0 unspecified atom stereocenters. The fourth-order valence-corrected chi connectivity index (χ4v) is 3.33. The number of aryl methyl sites for hydroxylation is 2. The smallest absolute Gasteiger partial charge is 0.182 e. The molecule has 0 amide bonds. The zero-order valence-corrected chi connectivity index (χ0v) is 11.4. The molecule has 2 aromatic rings. The molecule has 0 aromatic heterocycles. The van der Waals surface area contributed by atoms with E-state index in [9.17, 15) is 8.42 Å². The van der Waals surface area contributed by atoms with Gasteiger partial charge in [0.25, 0.3) is 0 Å². The van der Waals surface area contributed by atoms with Crippen LogP contribution in [-0.2, 0) is 15.6 Å². The molecule has 18 heavy (non-hydrogen) atoms. The first kappa shape index (κ1) is 12.8. The molecule has 0 saturated carbocycles. The van der Waals surface area contributed by atoms with E-state index in [0.717, 1.165) is 16.7 Å². The molecule has 94 valence electrons. The van der Waals surface area contributed by atoms with E-state index in [1.807, 2.05) is 38.1 Å². The van der Waals surface area contributed by atoms with Gasteiger partial charge in [-0.15, -0.1) is 0 Å².